The number of hydrogen-bond donors (Lipinski definition) is 0. The van der Waals surface area contributed by atoms with Crippen LogP contribution in [0.15, 0.2) is 47.6 Å². The molecule has 0 atom stereocenters. The fourth-order valence-corrected chi connectivity index (χ4v) is 1.78. The molecule has 0 N–H and O–H groups in total. The molecule has 2 aliphatic rings. The first-order valence-corrected chi connectivity index (χ1v) is 6.32. The van der Waals surface area contributed by atoms with Crippen molar-refractivity contribution in [3.63, 3.8) is 0 Å². The van der Waals surface area contributed by atoms with Crippen molar-refractivity contribution in [1.29, 1.82) is 0 Å². The second-order valence-corrected chi connectivity index (χ2v) is 5.06. The van der Waals surface area contributed by atoms with E-state index in [0.717, 1.165) is 11.8 Å². The first-order chi connectivity index (χ1) is 7.61. The third-order valence-electron chi connectivity index (χ3n) is 3.08. The van der Waals surface area contributed by atoms with Crippen LogP contribution in [-0.2, 0) is 0 Å². The molecule has 0 saturated heterocycles. The van der Waals surface area contributed by atoms with E-state index in [4.69, 9.17) is 0 Å². The van der Waals surface area contributed by atoms with Gasteiger partial charge in [0.2, 0.25) is 0 Å². The first-order valence-electron chi connectivity index (χ1n) is 6.32. The van der Waals surface area contributed by atoms with Crippen LogP contribution in [0.25, 0.3) is 0 Å². The molecule has 0 unspecified atom stereocenters. The zero-order valence-electron chi connectivity index (χ0n) is 11.0. The van der Waals surface area contributed by atoms with E-state index >= 15 is 0 Å². The van der Waals surface area contributed by atoms with Crippen LogP contribution in [0.1, 0.15) is 40.5 Å². The van der Waals surface area contributed by atoms with Crippen molar-refractivity contribution in [2.75, 3.05) is 0 Å². The molecule has 0 aliphatic heterocycles. The standard InChI is InChI=1S/2C8H12.Ba.2H/c2*1-7(2)8-5-3-4-6-8;;;/h2*3-5,7H,6H2,1-2H3;;;. The van der Waals surface area contributed by atoms with E-state index in [0.29, 0.717) is 0 Å². The molecule has 0 nitrogen and oxygen atoms in total. The van der Waals surface area contributed by atoms with E-state index in [-0.39, 0.29) is 48.9 Å². The average molecular weight is 356 g/mol. The molecule has 17 heavy (non-hydrogen) atoms. The zero-order valence-corrected chi connectivity index (χ0v) is 11.0. The van der Waals surface area contributed by atoms with Crippen LogP contribution in [0.3, 0.4) is 0 Å². The Kier molecular flexibility index (Phi) is 9.76. The fraction of sp³-hybridized carbons (Fsp3) is 0.500. The molecule has 0 spiro atoms. The maximum absolute atomic E-state index is 2.23. The normalized spacial score (nSPS) is 16.6. The van der Waals surface area contributed by atoms with Gasteiger partial charge in [0.05, 0.1) is 0 Å². The quantitative estimate of drug-likeness (QED) is 0.653. The van der Waals surface area contributed by atoms with E-state index in [2.05, 4.69) is 64.2 Å². The van der Waals surface area contributed by atoms with Crippen molar-refractivity contribution < 1.29 is 0 Å². The molecule has 0 aromatic heterocycles. The molecule has 0 aromatic carbocycles. The molecular formula is C16H26Ba. The summed E-state index contributed by atoms with van der Waals surface area (Å²) in [5, 5.41) is 0. The minimum atomic E-state index is 0. The number of hydrogen-bond acceptors (Lipinski definition) is 0. The Morgan fingerprint density at radius 2 is 1.12 bits per heavy atom. The van der Waals surface area contributed by atoms with Gasteiger partial charge < -0.3 is 0 Å². The Bertz CT molecular complexity index is 293. The van der Waals surface area contributed by atoms with Crippen molar-refractivity contribution in [3.05, 3.63) is 47.6 Å². The Hall–Kier alpha value is 0.531. The van der Waals surface area contributed by atoms with E-state index in [1.165, 1.54) is 12.8 Å². The average Bonchev–Trinajstić information content (AvgIpc) is 2.93. The Morgan fingerprint density at radius 3 is 1.24 bits per heavy atom. The Morgan fingerprint density at radius 1 is 0.765 bits per heavy atom. The van der Waals surface area contributed by atoms with Crippen molar-refractivity contribution in [3.8, 4) is 0 Å². The van der Waals surface area contributed by atoms with Crippen LogP contribution >= 0.6 is 0 Å². The predicted octanol–water partition coefficient (Wildman–Crippen LogP) is 4.14. The van der Waals surface area contributed by atoms with Gasteiger partial charge in [0.25, 0.3) is 0 Å². The van der Waals surface area contributed by atoms with E-state index in [9.17, 15) is 0 Å². The second kappa shape index (κ2) is 9.46. The summed E-state index contributed by atoms with van der Waals surface area (Å²) in [4.78, 5) is 0. The first kappa shape index (κ1) is 17.5. The van der Waals surface area contributed by atoms with Gasteiger partial charge in [-0.2, -0.15) is 0 Å². The van der Waals surface area contributed by atoms with Gasteiger partial charge in [-0.25, -0.2) is 0 Å². The predicted molar refractivity (Wildman–Crippen MR) is 81.9 cm³/mol. The van der Waals surface area contributed by atoms with E-state index < -0.39 is 0 Å². The summed E-state index contributed by atoms with van der Waals surface area (Å²) in [6, 6.07) is 0. The minimum absolute atomic E-state index is 0. The van der Waals surface area contributed by atoms with Crippen LogP contribution in [0.5, 0.6) is 0 Å². The topological polar surface area (TPSA) is 0 Å². The molecule has 0 bridgehead atoms. The molecule has 2 aliphatic carbocycles. The SMILES string of the molecule is CC(C)C1=CC=CC1.CC(C)C1=CC=CC1.[BaH2]. The van der Waals surface area contributed by atoms with Crippen molar-refractivity contribution >= 4 is 48.9 Å². The van der Waals surface area contributed by atoms with Crippen LogP contribution in [0.2, 0.25) is 0 Å². The summed E-state index contributed by atoms with van der Waals surface area (Å²) in [7, 11) is 0. The summed E-state index contributed by atoms with van der Waals surface area (Å²) < 4.78 is 0. The summed E-state index contributed by atoms with van der Waals surface area (Å²) in [6.45, 7) is 8.94. The monoisotopic (exact) mass is 356 g/mol. The summed E-state index contributed by atoms with van der Waals surface area (Å²) in [6.07, 6.45) is 15.5. The maximum atomic E-state index is 2.23. The molecule has 0 amide bonds. The third kappa shape index (κ3) is 6.88. The zero-order chi connectivity index (χ0) is 12.0. The molecule has 92 valence electrons. The molecule has 0 fully saturated rings. The van der Waals surface area contributed by atoms with Gasteiger partial charge in [0, 0.05) is 0 Å². The summed E-state index contributed by atoms with van der Waals surface area (Å²) >= 11 is 0. The van der Waals surface area contributed by atoms with E-state index in [1.54, 1.807) is 11.1 Å². The van der Waals surface area contributed by atoms with Crippen molar-refractivity contribution in [1.82, 2.24) is 0 Å². The molecule has 0 heterocycles. The van der Waals surface area contributed by atoms with Gasteiger partial charge in [0.15, 0.2) is 0 Å². The van der Waals surface area contributed by atoms with Crippen LogP contribution < -0.4 is 0 Å². The van der Waals surface area contributed by atoms with Gasteiger partial charge >= 0.3 is 48.9 Å². The molecule has 2 rings (SSSR count). The van der Waals surface area contributed by atoms with Gasteiger partial charge in [-0.3, -0.25) is 0 Å². The van der Waals surface area contributed by atoms with Crippen molar-refractivity contribution in [2.24, 2.45) is 11.8 Å². The number of rotatable bonds is 2. The molecular weight excluding hydrogens is 330 g/mol. The Labute approximate surface area is 147 Å². The van der Waals surface area contributed by atoms with Gasteiger partial charge in [0.1, 0.15) is 0 Å². The molecule has 0 aromatic rings. The summed E-state index contributed by atoms with van der Waals surface area (Å²) in [5.41, 5.74) is 3.12. The van der Waals surface area contributed by atoms with Crippen LogP contribution in [-0.4, -0.2) is 48.9 Å². The molecule has 1 heteroatoms. The van der Waals surface area contributed by atoms with E-state index in [1.807, 2.05) is 0 Å². The Balaban J connectivity index is 0.000000284. The van der Waals surface area contributed by atoms with Gasteiger partial charge in [-0.1, -0.05) is 75.3 Å². The summed E-state index contributed by atoms with van der Waals surface area (Å²) in [5.74, 6) is 1.48. The molecule has 0 saturated carbocycles. The van der Waals surface area contributed by atoms with Gasteiger partial charge in [-0.15, -0.1) is 0 Å². The van der Waals surface area contributed by atoms with Crippen LogP contribution in [0, 0.1) is 11.8 Å². The fourth-order valence-electron chi connectivity index (χ4n) is 1.78. The third-order valence-corrected chi connectivity index (χ3v) is 3.08. The van der Waals surface area contributed by atoms with Gasteiger partial charge in [-0.05, 0) is 24.7 Å². The second-order valence-electron chi connectivity index (χ2n) is 5.06. The number of allylic oxidation sites excluding steroid dienone is 8. The molecule has 0 radical (unpaired) electrons. The van der Waals surface area contributed by atoms with Crippen molar-refractivity contribution in [2.45, 2.75) is 40.5 Å². The van der Waals surface area contributed by atoms with Crippen LogP contribution in [0.4, 0.5) is 0 Å².